The Labute approximate surface area is 182 Å². The van der Waals surface area contributed by atoms with Crippen molar-refractivity contribution in [2.45, 2.75) is 6.04 Å². The van der Waals surface area contributed by atoms with Crippen molar-refractivity contribution in [1.29, 1.82) is 0 Å². The highest BCUT2D eigenvalue weighted by Crippen LogP contribution is 2.38. The van der Waals surface area contributed by atoms with Crippen LogP contribution >= 0.6 is 12.6 Å². The van der Waals surface area contributed by atoms with Gasteiger partial charge in [-0.15, -0.1) is 0 Å². The van der Waals surface area contributed by atoms with Crippen LogP contribution in [0.25, 0.3) is 12.2 Å². The lowest BCUT2D eigenvalue weighted by Gasteiger charge is -2.12. The molecule has 30 heavy (non-hydrogen) atoms. The number of carbonyl (C=O) groups is 1. The zero-order chi connectivity index (χ0) is 22.7. The first-order valence-corrected chi connectivity index (χ1v) is 9.51. The monoisotopic (exact) mass is 435 g/mol. The molecule has 0 aliphatic rings. The van der Waals surface area contributed by atoms with Gasteiger partial charge in [-0.05, 0) is 35.4 Å². The van der Waals surface area contributed by atoms with Gasteiger partial charge in [0.15, 0.2) is 11.5 Å². The maximum Gasteiger partial charge on any atom is 0.235 e. The fourth-order valence-corrected chi connectivity index (χ4v) is 2.52. The van der Waals surface area contributed by atoms with E-state index in [9.17, 15) is 4.79 Å². The third-order valence-corrected chi connectivity index (χ3v) is 4.36. The van der Waals surface area contributed by atoms with Crippen molar-refractivity contribution in [3.05, 3.63) is 41.5 Å². The van der Waals surface area contributed by atoms with Gasteiger partial charge in [0.2, 0.25) is 11.7 Å². The summed E-state index contributed by atoms with van der Waals surface area (Å²) in [6, 6.07) is 8.79. The lowest BCUT2D eigenvalue weighted by molar-refractivity contribution is -0.118. The van der Waals surface area contributed by atoms with Crippen LogP contribution in [0.15, 0.2) is 30.3 Å². The minimum absolute atomic E-state index is 0.315. The Bertz CT molecular complexity index is 849. The van der Waals surface area contributed by atoms with Gasteiger partial charge in [0.25, 0.3) is 0 Å². The van der Waals surface area contributed by atoms with Crippen LogP contribution in [0.3, 0.4) is 0 Å². The fourth-order valence-electron chi connectivity index (χ4n) is 2.34. The van der Waals surface area contributed by atoms with Crippen molar-refractivity contribution in [2.24, 2.45) is 11.5 Å². The summed E-state index contributed by atoms with van der Waals surface area (Å²) in [6.07, 6.45) is 3.90. The van der Waals surface area contributed by atoms with Crippen molar-refractivity contribution in [3.8, 4) is 23.0 Å². The molecule has 0 unspecified atom stereocenters. The lowest BCUT2D eigenvalue weighted by Crippen LogP contribution is -2.37. The van der Waals surface area contributed by atoms with Gasteiger partial charge in [-0.25, -0.2) is 0 Å². The van der Waals surface area contributed by atoms with Gasteiger partial charge in [0.05, 0.1) is 40.2 Å². The van der Waals surface area contributed by atoms with E-state index < -0.39 is 11.9 Å². The summed E-state index contributed by atoms with van der Waals surface area (Å²) >= 11 is 3.73. The number of carbonyl (C=O) groups excluding carboxylic acids is 1. The number of hydrogen-bond donors (Lipinski definition) is 4. The van der Waals surface area contributed by atoms with E-state index in [1.807, 2.05) is 42.5 Å². The van der Waals surface area contributed by atoms with E-state index in [4.69, 9.17) is 36.1 Å². The molecule has 0 spiro atoms. The molecule has 1 atom stereocenters. The summed E-state index contributed by atoms with van der Waals surface area (Å²) in [4.78, 5) is 9.98. The van der Waals surface area contributed by atoms with Gasteiger partial charge >= 0.3 is 0 Å². The Morgan fingerprint density at radius 3 is 1.83 bits per heavy atom. The molecule has 0 saturated carbocycles. The molecule has 8 nitrogen and oxygen atoms in total. The largest absolute Gasteiger partial charge is 0.495 e. The van der Waals surface area contributed by atoms with Crippen molar-refractivity contribution >= 4 is 36.4 Å². The number of nitrogen functional groups attached to an aromatic ring is 1. The summed E-state index contributed by atoms with van der Waals surface area (Å²) < 4.78 is 21.2. The first kappa shape index (κ1) is 25.0. The minimum atomic E-state index is -0.594. The van der Waals surface area contributed by atoms with Crippen LogP contribution in [-0.4, -0.2) is 46.1 Å². The van der Waals surface area contributed by atoms with E-state index in [1.54, 1.807) is 28.4 Å². The van der Waals surface area contributed by atoms with E-state index >= 15 is 0 Å². The Morgan fingerprint density at radius 2 is 1.47 bits per heavy atom. The standard InChI is InChI=1S/C18H21NO4.C3H8N2OS/c1-20-15-8-7-12(9-14(15)19)5-6-13-10-16(21-2)18(23-4)17(11-13)22-3;4-2(1-7)3(5)6/h5-11H,19H2,1-4H3;2,7H,1,4H2,(H2,5,6)/b6-5-;/t;2-/m.0/s1. The first-order chi connectivity index (χ1) is 14.3. The van der Waals surface area contributed by atoms with Crippen molar-refractivity contribution < 1.29 is 23.7 Å². The van der Waals surface area contributed by atoms with Gasteiger partial charge in [-0.3, -0.25) is 4.79 Å². The molecular weight excluding hydrogens is 406 g/mol. The highest BCUT2D eigenvalue weighted by Gasteiger charge is 2.12. The quantitative estimate of drug-likeness (QED) is 0.284. The van der Waals surface area contributed by atoms with Crippen LogP contribution in [0.5, 0.6) is 23.0 Å². The third-order valence-electron chi connectivity index (χ3n) is 3.97. The number of ether oxygens (including phenoxy) is 4. The van der Waals surface area contributed by atoms with Crippen LogP contribution in [0.4, 0.5) is 5.69 Å². The summed E-state index contributed by atoms with van der Waals surface area (Å²) in [7, 11) is 6.36. The highest BCUT2D eigenvalue weighted by molar-refractivity contribution is 7.80. The summed E-state index contributed by atoms with van der Waals surface area (Å²) in [5.74, 6) is 2.27. The fraction of sp³-hybridized carbons (Fsp3) is 0.286. The number of rotatable bonds is 8. The zero-order valence-corrected chi connectivity index (χ0v) is 18.4. The summed E-state index contributed by atoms with van der Waals surface area (Å²) in [6.45, 7) is 0. The Hall–Kier alpha value is -3.04. The van der Waals surface area contributed by atoms with Crippen molar-refractivity contribution in [1.82, 2.24) is 0 Å². The molecule has 0 saturated heterocycles. The third kappa shape index (κ3) is 7.09. The van der Waals surface area contributed by atoms with E-state index in [0.29, 0.717) is 34.4 Å². The number of benzene rings is 2. The average molecular weight is 436 g/mol. The molecular formula is C21H29N3O5S. The number of anilines is 1. The highest BCUT2D eigenvalue weighted by atomic mass is 32.1. The van der Waals surface area contributed by atoms with E-state index in [0.717, 1.165) is 11.1 Å². The van der Waals surface area contributed by atoms with Crippen LogP contribution in [0.1, 0.15) is 11.1 Å². The Kier molecular flexibility index (Phi) is 10.4. The maximum atomic E-state index is 9.98. The molecule has 9 heteroatoms. The molecule has 0 aliphatic heterocycles. The van der Waals surface area contributed by atoms with Gasteiger partial charge in [-0.2, -0.15) is 12.6 Å². The lowest BCUT2D eigenvalue weighted by atomic mass is 10.1. The summed E-state index contributed by atoms with van der Waals surface area (Å²) in [5, 5.41) is 0. The Balaban J connectivity index is 0.000000553. The second kappa shape index (κ2) is 12.5. The molecule has 2 aromatic carbocycles. The number of amides is 1. The average Bonchev–Trinajstić information content (AvgIpc) is 2.76. The molecule has 0 radical (unpaired) electrons. The second-order valence-corrected chi connectivity index (χ2v) is 6.35. The van der Waals surface area contributed by atoms with Crippen LogP contribution in [0.2, 0.25) is 0 Å². The summed E-state index contributed by atoms with van der Waals surface area (Å²) in [5.41, 5.74) is 18.2. The second-order valence-electron chi connectivity index (χ2n) is 5.98. The maximum absolute atomic E-state index is 9.98. The van der Waals surface area contributed by atoms with Crippen molar-refractivity contribution in [2.75, 3.05) is 39.9 Å². The molecule has 2 aromatic rings. The van der Waals surface area contributed by atoms with Gasteiger partial charge in [0.1, 0.15) is 5.75 Å². The molecule has 2 rings (SSSR count). The topological polar surface area (TPSA) is 132 Å². The molecule has 0 aromatic heterocycles. The van der Waals surface area contributed by atoms with E-state index in [2.05, 4.69) is 12.6 Å². The van der Waals surface area contributed by atoms with E-state index in [-0.39, 0.29) is 0 Å². The number of thiol groups is 1. The van der Waals surface area contributed by atoms with Gasteiger partial charge in [0, 0.05) is 5.75 Å². The molecule has 0 fully saturated rings. The predicted molar refractivity (Wildman–Crippen MR) is 123 cm³/mol. The minimum Gasteiger partial charge on any atom is -0.495 e. The number of primary amides is 1. The number of methoxy groups -OCH3 is 4. The van der Waals surface area contributed by atoms with Gasteiger partial charge < -0.3 is 36.1 Å². The SMILES string of the molecule is COc1ccc(/C=C\c2cc(OC)c(OC)c(OC)c2)cc1N.NC(=O)[C@@H](N)CS. The number of nitrogens with two attached hydrogens (primary N) is 3. The molecule has 0 bridgehead atoms. The number of hydrogen-bond acceptors (Lipinski definition) is 8. The smallest absolute Gasteiger partial charge is 0.235 e. The molecule has 0 heterocycles. The predicted octanol–water partition coefficient (Wildman–Crippen LogP) is 2.20. The molecule has 6 N–H and O–H groups in total. The molecule has 164 valence electrons. The Morgan fingerprint density at radius 1 is 0.933 bits per heavy atom. The molecule has 0 aliphatic carbocycles. The van der Waals surface area contributed by atoms with E-state index in [1.165, 1.54) is 0 Å². The molecule has 1 amide bonds. The van der Waals surface area contributed by atoms with Gasteiger partial charge in [-0.1, -0.05) is 18.2 Å². The van der Waals surface area contributed by atoms with Crippen LogP contribution in [0, 0.1) is 0 Å². The first-order valence-electron chi connectivity index (χ1n) is 8.88. The zero-order valence-electron chi connectivity index (χ0n) is 17.5. The van der Waals surface area contributed by atoms with Crippen LogP contribution in [-0.2, 0) is 4.79 Å². The van der Waals surface area contributed by atoms with Crippen molar-refractivity contribution in [3.63, 3.8) is 0 Å². The van der Waals surface area contributed by atoms with Crippen LogP contribution < -0.4 is 36.1 Å². The normalized spacial score (nSPS) is 11.3.